The van der Waals surface area contributed by atoms with E-state index in [4.69, 9.17) is 5.73 Å². The maximum absolute atomic E-state index is 13.3. The van der Waals surface area contributed by atoms with Gasteiger partial charge in [0.05, 0.1) is 34.5 Å². The normalized spacial score (nSPS) is 11.8. The molecule has 0 amide bonds. The van der Waals surface area contributed by atoms with Gasteiger partial charge in [-0.2, -0.15) is 5.10 Å². The van der Waals surface area contributed by atoms with Crippen molar-refractivity contribution < 1.29 is 17.9 Å². The molecule has 0 aliphatic carbocycles. The Morgan fingerprint density at radius 2 is 1.89 bits per heavy atom. The van der Waals surface area contributed by atoms with Crippen molar-refractivity contribution in [2.45, 2.75) is 13.3 Å². The molecule has 4 rings (SSSR count). The van der Waals surface area contributed by atoms with E-state index < -0.39 is 12.1 Å². The molecule has 9 nitrogen and oxygen atoms in total. The second kappa shape index (κ2) is 9.90. The van der Waals surface area contributed by atoms with Gasteiger partial charge in [-0.15, -0.1) is 13.2 Å². The molecule has 0 unspecified atom stereocenters. The van der Waals surface area contributed by atoms with Crippen LogP contribution in [0.3, 0.4) is 0 Å². The van der Waals surface area contributed by atoms with Crippen LogP contribution in [0.15, 0.2) is 48.9 Å². The molecule has 36 heavy (non-hydrogen) atoms. The van der Waals surface area contributed by atoms with Gasteiger partial charge in [-0.1, -0.05) is 6.07 Å². The number of hydrogen-bond acceptors (Lipinski definition) is 8. The Hall–Kier alpha value is -4.06. The molecular formula is C24H27F3N8O. The van der Waals surface area contributed by atoms with Crippen molar-refractivity contribution in [1.29, 1.82) is 0 Å². The zero-order valence-corrected chi connectivity index (χ0v) is 20.3. The molecule has 190 valence electrons. The number of ether oxygens (including phenoxy) is 1. The third-order valence-electron chi connectivity index (χ3n) is 5.55. The highest BCUT2D eigenvalue weighted by atomic mass is 19.4. The second-order valence-electron chi connectivity index (χ2n) is 8.62. The highest BCUT2D eigenvalue weighted by Crippen LogP contribution is 2.39. The van der Waals surface area contributed by atoms with Crippen molar-refractivity contribution >= 4 is 28.5 Å². The minimum atomic E-state index is -4.90. The van der Waals surface area contributed by atoms with Gasteiger partial charge < -0.3 is 25.6 Å². The van der Waals surface area contributed by atoms with Gasteiger partial charge in [-0.3, -0.25) is 0 Å². The van der Waals surface area contributed by atoms with Crippen LogP contribution in [0.25, 0.3) is 16.8 Å². The predicted octanol–water partition coefficient (Wildman–Crippen LogP) is 4.32. The summed E-state index contributed by atoms with van der Waals surface area (Å²) in [5, 5.41) is 7.18. The second-order valence-corrected chi connectivity index (χ2v) is 8.62. The number of nitrogens with zero attached hydrogens (tertiary/aromatic N) is 6. The fourth-order valence-corrected chi connectivity index (χ4v) is 3.71. The molecule has 1 aromatic carbocycles. The van der Waals surface area contributed by atoms with Crippen molar-refractivity contribution in [3.05, 3.63) is 54.5 Å². The van der Waals surface area contributed by atoms with Crippen LogP contribution in [0.1, 0.15) is 5.56 Å². The van der Waals surface area contributed by atoms with Gasteiger partial charge in [0.25, 0.3) is 0 Å². The molecule has 3 heterocycles. The van der Waals surface area contributed by atoms with Gasteiger partial charge in [0.2, 0.25) is 5.95 Å². The molecular weight excluding hydrogens is 473 g/mol. The number of benzene rings is 1. The molecule has 0 fully saturated rings. The minimum Gasteiger partial charge on any atom is -0.403 e. The van der Waals surface area contributed by atoms with E-state index in [1.54, 1.807) is 28.9 Å². The number of alkyl halides is 3. The summed E-state index contributed by atoms with van der Waals surface area (Å²) in [4.78, 5) is 12.6. The fraction of sp³-hybridized carbons (Fsp3) is 0.292. The molecule has 0 spiro atoms. The van der Waals surface area contributed by atoms with Crippen molar-refractivity contribution in [3.8, 4) is 17.0 Å². The molecule has 0 aliphatic heterocycles. The lowest BCUT2D eigenvalue weighted by molar-refractivity contribution is -0.274. The zero-order valence-electron chi connectivity index (χ0n) is 20.3. The third kappa shape index (κ3) is 5.60. The molecule has 3 aromatic heterocycles. The standard InChI is InChI=1S/C24H27F3N8O/c1-15-13-29-23(32-22(15)16-14-30-35-8-6-5-7-19(16)35)31-18-11-17(28)20(34(4)10-9-33(2)3)12-21(18)36-24(25,26)27/h5-8,11-14H,9-10,28H2,1-4H3,(H,29,31,32). The van der Waals surface area contributed by atoms with E-state index in [2.05, 4.69) is 25.1 Å². The van der Waals surface area contributed by atoms with Crippen molar-refractivity contribution in [1.82, 2.24) is 24.5 Å². The maximum Gasteiger partial charge on any atom is 0.573 e. The maximum atomic E-state index is 13.3. The Balaban J connectivity index is 1.71. The Morgan fingerprint density at radius 1 is 1.11 bits per heavy atom. The third-order valence-corrected chi connectivity index (χ3v) is 5.55. The van der Waals surface area contributed by atoms with Crippen LogP contribution < -0.4 is 20.7 Å². The number of nitrogens with one attached hydrogen (secondary N) is 1. The monoisotopic (exact) mass is 500 g/mol. The van der Waals surface area contributed by atoms with Gasteiger partial charge in [0, 0.05) is 44.2 Å². The number of halogens is 3. The largest absolute Gasteiger partial charge is 0.573 e. The van der Waals surface area contributed by atoms with Crippen molar-refractivity contribution in [2.75, 3.05) is 50.2 Å². The van der Waals surface area contributed by atoms with Gasteiger partial charge >= 0.3 is 6.36 Å². The van der Waals surface area contributed by atoms with E-state index in [1.165, 1.54) is 12.1 Å². The molecule has 4 aromatic rings. The highest BCUT2D eigenvalue weighted by Gasteiger charge is 2.33. The molecule has 0 atom stereocenters. The van der Waals surface area contributed by atoms with Crippen LogP contribution in [0.4, 0.5) is 36.2 Å². The van der Waals surface area contributed by atoms with Gasteiger partial charge in [0.1, 0.15) is 0 Å². The van der Waals surface area contributed by atoms with E-state index in [9.17, 15) is 13.2 Å². The quantitative estimate of drug-likeness (QED) is 0.345. The van der Waals surface area contributed by atoms with Crippen LogP contribution in [0.2, 0.25) is 0 Å². The Labute approximate surface area is 206 Å². The van der Waals surface area contributed by atoms with Crippen LogP contribution >= 0.6 is 0 Å². The molecule has 0 aliphatic rings. The van der Waals surface area contributed by atoms with E-state index >= 15 is 0 Å². The van der Waals surface area contributed by atoms with E-state index in [0.29, 0.717) is 24.5 Å². The smallest absolute Gasteiger partial charge is 0.403 e. The number of aryl methyl sites for hydroxylation is 1. The topological polar surface area (TPSA) is 96.8 Å². The van der Waals surface area contributed by atoms with Crippen LogP contribution in [-0.4, -0.2) is 65.1 Å². The van der Waals surface area contributed by atoms with Crippen LogP contribution in [0, 0.1) is 6.92 Å². The number of likely N-dealkylation sites (N-methyl/N-ethyl adjacent to an activating group) is 2. The van der Waals surface area contributed by atoms with Crippen LogP contribution in [0.5, 0.6) is 5.75 Å². The first kappa shape index (κ1) is 25.0. The molecule has 0 radical (unpaired) electrons. The molecule has 0 saturated heterocycles. The number of nitrogen functional groups attached to an aromatic ring is 1. The summed E-state index contributed by atoms with van der Waals surface area (Å²) in [6.07, 6.45) is 0.189. The number of fused-ring (bicyclic) bond motifs is 1. The van der Waals surface area contributed by atoms with Gasteiger partial charge in [-0.05, 0) is 44.8 Å². The van der Waals surface area contributed by atoms with Crippen LogP contribution in [-0.2, 0) is 0 Å². The number of rotatable bonds is 8. The molecule has 0 saturated carbocycles. The summed E-state index contributed by atoms with van der Waals surface area (Å²) in [5.41, 5.74) is 9.89. The Kier molecular flexibility index (Phi) is 6.88. The zero-order chi connectivity index (χ0) is 26.0. The van der Waals surface area contributed by atoms with E-state index in [-0.39, 0.29) is 17.3 Å². The average molecular weight is 501 g/mol. The summed E-state index contributed by atoms with van der Waals surface area (Å²) < 4.78 is 45.8. The number of aromatic nitrogens is 4. The summed E-state index contributed by atoms with van der Waals surface area (Å²) >= 11 is 0. The molecule has 12 heteroatoms. The van der Waals surface area contributed by atoms with Crippen molar-refractivity contribution in [2.24, 2.45) is 0 Å². The number of pyridine rings is 1. The number of nitrogens with two attached hydrogens (primary N) is 1. The summed E-state index contributed by atoms with van der Waals surface area (Å²) in [7, 11) is 5.57. The highest BCUT2D eigenvalue weighted by molar-refractivity contribution is 5.81. The minimum absolute atomic E-state index is 0.00995. The first-order valence-corrected chi connectivity index (χ1v) is 11.1. The Bertz CT molecular complexity index is 1370. The van der Waals surface area contributed by atoms with Crippen molar-refractivity contribution in [3.63, 3.8) is 0 Å². The van der Waals surface area contributed by atoms with E-state index in [1.807, 2.05) is 50.3 Å². The summed E-state index contributed by atoms with van der Waals surface area (Å²) in [6, 6.07) is 8.30. The summed E-state index contributed by atoms with van der Waals surface area (Å²) in [5.74, 6) is -0.351. The molecule has 3 N–H and O–H groups in total. The SMILES string of the molecule is Cc1cnc(Nc2cc(N)c(N(C)CCN(C)C)cc2OC(F)(F)F)nc1-c1cnn2ccccc12. The Morgan fingerprint density at radius 3 is 2.61 bits per heavy atom. The first-order valence-electron chi connectivity index (χ1n) is 11.1. The lowest BCUT2D eigenvalue weighted by Crippen LogP contribution is -2.29. The first-order chi connectivity index (χ1) is 17.0. The lowest BCUT2D eigenvalue weighted by Gasteiger charge is -2.25. The predicted molar refractivity (Wildman–Crippen MR) is 134 cm³/mol. The van der Waals surface area contributed by atoms with Gasteiger partial charge in [-0.25, -0.2) is 14.5 Å². The van der Waals surface area contributed by atoms with Gasteiger partial charge in [0.15, 0.2) is 5.75 Å². The summed E-state index contributed by atoms with van der Waals surface area (Å²) in [6.45, 7) is 3.09. The fourth-order valence-electron chi connectivity index (χ4n) is 3.71. The molecule has 0 bridgehead atoms. The number of hydrogen-bond donors (Lipinski definition) is 2. The lowest BCUT2D eigenvalue weighted by atomic mass is 10.1. The van der Waals surface area contributed by atoms with E-state index in [0.717, 1.165) is 16.6 Å². The number of anilines is 4. The average Bonchev–Trinajstić information content (AvgIpc) is 3.23.